The summed E-state index contributed by atoms with van der Waals surface area (Å²) in [6, 6.07) is 25.4. The highest BCUT2D eigenvalue weighted by Crippen LogP contribution is 2.35. The normalized spacial score (nSPS) is 15.1. The second-order valence-corrected chi connectivity index (χ2v) is 7.76. The van der Waals surface area contributed by atoms with E-state index in [2.05, 4.69) is 34.1 Å². The third-order valence-corrected chi connectivity index (χ3v) is 5.71. The fourth-order valence-corrected chi connectivity index (χ4v) is 4.26. The minimum atomic E-state index is -0.447. The summed E-state index contributed by atoms with van der Waals surface area (Å²) < 4.78 is 0. The fourth-order valence-electron chi connectivity index (χ4n) is 4.26. The fraction of sp³-hybridized carbons (Fsp3) is 0.240. The molecule has 3 aromatic carbocycles. The van der Waals surface area contributed by atoms with Crippen LogP contribution in [0.1, 0.15) is 28.8 Å². The van der Waals surface area contributed by atoms with E-state index in [0.717, 1.165) is 43.9 Å². The summed E-state index contributed by atoms with van der Waals surface area (Å²) >= 11 is 0. The zero-order valence-electron chi connectivity index (χ0n) is 16.9. The Kier molecular flexibility index (Phi) is 6.00. The van der Waals surface area contributed by atoms with Crippen LogP contribution in [-0.2, 0) is 6.54 Å². The number of carbonyl (C=O) groups is 1. The predicted molar refractivity (Wildman–Crippen MR) is 120 cm³/mol. The number of piperidine rings is 1. The monoisotopic (exact) mass is 401 g/mol. The number of nitrogens with zero attached hydrogens (tertiary/aromatic N) is 2. The molecule has 0 radical (unpaired) electrons. The van der Waals surface area contributed by atoms with E-state index in [1.165, 1.54) is 5.56 Å². The molecule has 4 rings (SSSR count). The second-order valence-electron chi connectivity index (χ2n) is 7.76. The average molecular weight is 402 g/mol. The molecule has 30 heavy (non-hydrogen) atoms. The van der Waals surface area contributed by atoms with E-state index in [0.29, 0.717) is 5.56 Å². The topological polar surface area (TPSA) is 69.8 Å². The van der Waals surface area contributed by atoms with Crippen molar-refractivity contribution in [3.05, 3.63) is 90.0 Å². The maximum Gasteiger partial charge on any atom is 0.250 e. The smallest absolute Gasteiger partial charge is 0.250 e. The Balaban J connectivity index is 1.59. The second kappa shape index (κ2) is 9.01. The standard InChI is InChI=1S/C25H27N3O2/c26-25(30)23-11-4-5-12-24(23)28(21-9-6-10-22(29)17-21)20-13-15-27(16-14-20)18-19-7-2-1-3-8-19/h1-12,17,20,29H,13-16,18H2,(H2,26,30). The Labute approximate surface area is 177 Å². The minimum absolute atomic E-state index is 0.204. The van der Waals surface area contributed by atoms with Crippen molar-refractivity contribution in [3.8, 4) is 5.75 Å². The summed E-state index contributed by atoms with van der Waals surface area (Å²) in [4.78, 5) is 16.7. The molecule has 1 amide bonds. The van der Waals surface area contributed by atoms with E-state index < -0.39 is 5.91 Å². The van der Waals surface area contributed by atoms with Crippen molar-refractivity contribution in [3.63, 3.8) is 0 Å². The molecule has 5 heteroatoms. The first-order valence-electron chi connectivity index (χ1n) is 10.3. The Hall–Kier alpha value is -3.31. The highest BCUT2D eigenvalue weighted by atomic mass is 16.3. The van der Waals surface area contributed by atoms with Gasteiger partial charge in [-0.05, 0) is 42.7 Å². The number of amides is 1. The molecule has 154 valence electrons. The number of benzene rings is 3. The van der Waals surface area contributed by atoms with E-state index >= 15 is 0 Å². The quantitative estimate of drug-likeness (QED) is 0.646. The maximum absolute atomic E-state index is 12.1. The molecule has 0 spiro atoms. The van der Waals surface area contributed by atoms with Crippen molar-refractivity contribution in [2.24, 2.45) is 5.73 Å². The zero-order chi connectivity index (χ0) is 20.9. The number of rotatable bonds is 6. The van der Waals surface area contributed by atoms with Gasteiger partial charge in [-0.3, -0.25) is 9.69 Å². The number of primary amides is 1. The third kappa shape index (κ3) is 4.47. The minimum Gasteiger partial charge on any atom is -0.508 e. The lowest BCUT2D eigenvalue weighted by Gasteiger charge is -2.40. The molecule has 0 unspecified atom stereocenters. The number of anilines is 2. The van der Waals surface area contributed by atoms with Gasteiger partial charge < -0.3 is 15.7 Å². The van der Waals surface area contributed by atoms with Crippen LogP contribution in [0.15, 0.2) is 78.9 Å². The average Bonchev–Trinajstić information content (AvgIpc) is 2.76. The molecule has 0 bridgehead atoms. The highest BCUT2D eigenvalue weighted by Gasteiger charge is 2.28. The van der Waals surface area contributed by atoms with Gasteiger partial charge in [0.15, 0.2) is 0 Å². The van der Waals surface area contributed by atoms with Gasteiger partial charge in [-0.25, -0.2) is 0 Å². The van der Waals surface area contributed by atoms with E-state index in [9.17, 15) is 9.90 Å². The van der Waals surface area contributed by atoms with Crippen LogP contribution in [0.5, 0.6) is 5.75 Å². The summed E-state index contributed by atoms with van der Waals surface area (Å²) in [5, 5.41) is 10.1. The van der Waals surface area contributed by atoms with Crippen molar-refractivity contribution >= 4 is 17.3 Å². The first-order chi connectivity index (χ1) is 14.6. The molecule has 1 saturated heterocycles. The number of aromatic hydroxyl groups is 1. The Morgan fingerprint density at radius 3 is 2.37 bits per heavy atom. The van der Waals surface area contributed by atoms with Crippen LogP contribution in [0.25, 0.3) is 0 Å². The lowest BCUT2D eigenvalue weighted by Crippen LogP contribution is -2.43. The molecule has 0 saturated carbocycles. The summed E-state index contributed by atoms with van der Waals surface area (Å²) in [7, 11) is 0. The van der Waals surface area contributed by atoms with Gasteiger partial charge in [-0.1, -0.05) is 48.5 Å². The van der Waals surface area contributed by atoms with Crippen LogP contribution in [0, 0.1) is 0 Å². The van der Waals surface area contributed by atoms with Crippen molar-refractivity contribution < 1.29 is 9.90 Å². The Morgan fingerprint density at radius 2 is 1.67 bits per heavy atom. The van der Waals surface area contributed by atoms with Gasteiger partial charge in [0, 0.05) is 37.4 Å². The lowest BCUT2D eigenvalue weighted by molar-refractivity contribution is 0.100. The predicted octanol–water partition coefficient (Wildman–Crippen LogP) is 4.29. The van der Waals surface area contributed by atoms with Crippen molar-refractivity contribution in [2.45, 2.75) is 25.4 Å². The Morgan fingerprint density at radius 1 is 0.967 bits per heavy atom. The highest BCUT2D eigenvalue weighted by molar-refractivity contribution is 5.99. The number of carbonyl (C=O) groups excluding carboxylic acids is 1. The van der Waals surface area contributed by atoms with Gasteiger partial charge in [-0.15, -0.1) is 0 Å². The van der Waals surface area contributed by atoms with Crippen molar-refractivity contribution in [1.82, 2.24) is 4.90 Å². The molecular weight excluding hydrogens is 374 g/mol. The van der Waals surface area contributed by atoms with Gasteiger partial charge in [0.25, 0.3) is 5.91 Å². The number of phenols is 1. The molecule has 3 N–H and O–H groups in total. The van der Waals surface area contributed by atoms with Crippen LogP contribution >= 0.6 is 0 Å². The number of hydrogen-bond donors (Lipinski definition) is 2. The van der Waals surface area contributed by atoms with Crippen LogP contribution in [-0.4, -0.2) is 35.0 Å². The van der Waals surface area contributed by atoms with E-state index in [1.54, 1.807) is 18.2 Å². The summed E-state index contributed by atoms with van der Waals surface area (Å²) in [6.07, 6.45) is 1.91. The summed E-state index contributed by atoms with van der Waals surface area (Å²) in [6.45, 7) is 2.87. The number of likely N-dealkylation sites (tertiary alicyclic amines) is 1. The SMILES string of the molecule is NC(=O)c1ccccc1N(c1cccc(O)c1)C1CCN(Cc2ccccc2)CC1. The molecule has 5 nitrogen and oxygen atoms in total. The van der Waals surface area contributed by atoms with Crippen molar-refractivity contribution in [1.29, 1.82) is 0 Å². The number of nitrogens with two attached hydrogens (primary N) is 1. The molecule has 1 aliphatic heterocycles. The number of hydrogen-bond acceptors (Lipinski definition) is 4. The van der Waals surface area contributed by atoms with Gasteiger partial charge in [0.2, 0.25) is 0 Å². The van der Waals surface area contributed by atoms with Gasteiger partial charge in [0.05, 0.1) is 11.3 Å². The van der Waals surface area contributed by atoms with Crippen LogP contribution in [0.4, 0.5) is 11.4 Å². The van der Waals surface area contributed by atoms with Gasteiger partial charge in [0.1, 0.15) is 5.75 Å². The largest absolute Gasteiger partial charge is 0.508 e. The molecular formula is C25H27N3O2. The lowest BCUT2D eigenvalue weighted by atomic mass is 9.99. The van der Waals surface area contributed by atoms with Crippen LogP contribution in [0.3, 0.4) is 0 Å². The molecule has 1 aliphatic rings. The summed E-state index contributed by atoms with van der Waals surface area (Å²) in [5.74, 6) is -0.243. The molecule has 1 fully saturated rings. The molecule has 3 aromatic rings. The van der Waals surface area contributed by atoms with E-state index in [-0.39, 0.29) is 11.8 Å². The van der Waals surface area contributed by atoms with E-state index in [4.69, 9.17) is 5.73 Å². The van der Waals surface area contributed by atoms with Crippen LogP contribution < -0.4 is 10.6 Å². The van der Waals surface area contributed by atoms with Crippen LogP contribution in [0.2, 0.25) is 0 Å². The van der Waals surface area contributed by atoms with Crippen molar-refractivity contribution in [2.75, 3.05) is 18.0 Å². The maximum atomic E-state index is 12.1. The number of phenolic OH excluding ortho intramolecular Hbond substituents is 1. The molecule has 1 heterocycles. The van der Waals surface area contributed by atoms with E-state index in [1.807, 2.05) is 36.4 Å². The zero-order valence-corrected chi connectivity index (χ0v) is 16.9. The molecule has 0 aliphatic carbocycles. The Bertz CT molecular complexity index is 998. The number of para-hydroxylation sites is 1. The summed E-state index contributed by atoms with van der Waals surface area (Å²) in [5.41, 5.74) is 9.14. The molecule has 0 aromatic heterocycles. The first kappa shape index (κ1) is 20.0. The van der Waals surface area contributed by atoms with Gasteiger partial charge >= 0.3 is 0 Å². The molecule has 0 atom stereocenters. The van der Waals surface area contributed by atoms with Gasteiger partial charge in [-0.2, -0.15) is 0 Å². The first-order valence-corrected chi connectivity index (χ1v) is 10.3. The third-order valence-electron chi connectivity index (χ3n) is 5.71.